The summed E-state index contributed by atoms with van der Waals surface area (Å²) in [6.45, 7) is 5.99. The number of hydrogen-bond donors (Lipinski definition) is 2. The first-order chi connectivity index (χ1) is 12.1. The van der Waals surface area contributed by atoms with Crippen molar-refractivity contribution >= 4 is 23.4 Å². The Morgan fingerprint density at radius 3 is 2.92 bits per heavy atom. The van der Waals surface area contributed by atoms with E-state index in [2.05, 4.69) is 27.3 Å². The fraction of sp³-hybridized carbons (Fsp3) is 0.353. The molecule has 1 aromatic carbocycles. The molecule has 3 aromatic rings. The van der Waals surface area contributed by atoms with Crippen molar-refractivity contribution in [2.24, 2.45) is 0 Å². The van der Waals surface area contributed by atoms with Crippen LogP contribution in [0.15, 0.2) is 44.6 Å². The normalized spacial score (nSPS) is 18.0. The fourth-order valence-corrected chi connectivity index (χ4v) is 3.18. The summed E-state index contributed by atoms with van der Waals surface area (Å²) in [5, 5.41) is 8.13. The third-order valence-corrected chi connectivity index (χ3v) is 4.59. The molecule has 0 aliphatic carbocycles. The number of halogens is 1. The molecule has 4 rings (SSSR count). The van der Waals surface area contributed by atoms with Crippen LogP contribution in [0, 0.1) is 0 Å². The molecule has 3 heterocycles. The number of benzene rings is 1. The highest BCUT2D eigenvalue weighted by Gasteiger charge is 2.19. The van der Waals surface area contributed by atoms with Crippen molar-refractivity contribution in [3.05, 3.63) is 56.9 Å². The van der Waals surface area contributed by atoms with E-state index in [4.69, 9.17) is 4.52 Å². The van der Waals surface area contributed by atoms with Gasteiger partial charge in [0.1, 0.15) is 0 Å². The van der Waals surface area contributed by atoms with E-state index >= 15 is 0 Å². The molecule has 2 N–H and O–H groups in total. The molecule has 1 aliphatic heterocycles. The molecule has 0 saturated carbocycles. The zero-order valence-electron chi connectivity index (χ0n) is 14.3. The van der Waals surface area contributed by atoms with E-state index in [1.54, 1.807) is 0 Å². The Labute approximate surface area is 155 Å². The van der Waals surface area contributed by atoms with E-state index in [9.17, 15) is 9.59 Å². The van der Waals surface area contributed by atoms with Crippen LogP contribution in [-0.2, 0) is 6.54 Å². The predicted octanol–water partition coefficient (Wildman–Crippen LogP) is 0.882. The lowest BCUT2D eigenvalue weighted by molar-refractivity contribution is 0.165. The first-order valence-electron chi connectivity index (χ1n) is 8.27. The Hall–Kier alpha value is -2.42. The van der Waals surface area contributed by atoms with Crippen LogP contribution >= 0.6 is 12.4 Å². The number of nitrogens with zero attached hydrogens (tertiary/aromatic N) is 3. The van der Waals surface area contributed by atoms with Crippen LogP contribution < -0.4 is 16.6 Å². The molecular formula is C17H20ClN5O3. The number of aromatic nitrogens is 3. The molecule has 8 nitrogen and oxygen atoms in total. The highest BCUT2D eigenvalue weighted by atomic mass is 35.5. The van der Waals surface area contributed by atoms with Gasteiger partial charge in [0.05, 0.1) is 5.39 Å². The van der Waals surface area contributed by atoms with Crippen LogP contribution in [0.4, 0.5) is 0 Å². The van der Waals surface area contributed by atoms with Crippen molar-refractivity contribution in [1.29, 1.82) is 0 Å². The van der Waals surface area contributed by atoms with Gasteiger partial charge in [-0.2, -0.15) is 0 Å². The van der Waals surface area contributed by atoms with Crippen molar-refractivity contribution in [2.75, 3.05) is 19.6 Å². The zero-order valence-corrected chi connectivity index (χ0v) is 15.1. The molecule has 2 aromatic heterocycles. The lowest BCUT2D eigenvalue weighted by Gasteiger charge is -2.33. The van der Waals surface area contributed by atoms with Crippen molar-refractivity contribution in [1.82, 2.24) is 24.9 Å². The molecule has 1 aliphatic rings. The van der Waals surface area contributed by atoms with Crippen LogP contribution in [0.3, 0.4) is 0 Å². The minimum Gasteiger partial charge on any atom is -0.354 e. The summed E-state index contributed by atoms with van der Waals surface area (Å²) in [7, 11) is 0. The summed E-state index contributed by atoms with van der Waals surface area (Å²) < 4.78 is 6.61. The molecule has 1 saturated heterocycles. The Kier molecular flexibility index (Phi) is 5.26. The van der Waals surface area contributed by atoms with Gasteiger partial charge in [-0.05, 0) is 24.6 Å². The van der Waals surface area contributed by atoms with Gasteiger partial charge < -0.3 is 9.84 Å². The topological polar surface area (TPSA) is 96.2 Å². The third kappa shape index (κ3) is 3.44. The Morgan fingerprint density at radius 2 is 2.15 bits per heavy atom. The van der Waals surface area contributed by atoms with Gasteiger partial charge in [-0.15, -0.1) is 12.4 Å². The maximum atomic E-state index is 12.0. The average Bonchev–Trinajstić information content (AvgIpc) is 3.00. The van der Waals surface area contributed by atoms with Crippen LogP contribution in [0.2, 0.25) is 0 Å². The Balaban J connectivity index is 0.00000196. The summed E-state index contributed by atoms with van der Waals surface area (Å²) >= 11 is 0. The number of piperazine rings is 1. The minimum absolute atomic E-state index is 0. The lowest BCUT2D eigenvalue weighted by atomic mass is 10.1. The van der Waals surface area contributed by atoms with Crippen molar-refractivity contribution < 1.29 is 4.52 Å². The molecule has 0 spiro atoms. The lowest BCUT2D eigenvalue weighted by Crippen LogP contribution is -2.49. The molecule has 0 radical (unpaired) electrons. The van der Waals surface area contributed by atoms with Gasteiger partial charge in [0.2, 0.25) is 0 Å². The van der Waals surface area contributed by atoms with E-state index in [1.165, 1.54) is 16.8 Å². The summed E-state index contributed by atoms with van der Waals surface area (Å²) in [5.74, 6) is 0.381. The fourth-order valence-electron chi connectivity index (χ4n) is 3.18. The SMILES string of the molecule is CC1CNCCN1Cc1ccc2onc(-n3ccc(=O)[nH]c3=O)c2c1.Cl. The molecule has 1 unspecified atom stereocenters. The van der Waals surface area contributed by atoms with E-state index in [1.807, 2.05) is 18.2 Å². The second-order valence-electron chi connectivity index (χ2n) is 6.34. The molecule has 26 heavy (non-hydrogen) atoms. The summed E-state index contributed by atoms with van der Waals surface area (Å²) in [5.41, 5.74) is 0.750. The molecule has 138 valence electrons. The molecule has 0 amide bonds. The van der Waals surface area contributed by atoms with Crippen LogP contribution in [0.25, 0.3) is 16.8 Å². The maximum absolute atomic E-state index is 12.0. The zero-order chi connectivity index (χ0) is 17.4. The van der Waals surface area contributed by atoms with Gasteiger partial charge in [0, 0.05) is 44.5 Å². The number of aromatic amines is 1. The quantitative estimate of drug-likeness (QED) is 0.703. The highest BCUT2D eigenvalue weighted by Crippen LogP contribution is 2.23. The molecule has 9 heteroatoms. The van der Waals surface area contributed by atoms with Crippen molar-refractivity contribution in [3.63, 3.8) is 0 Å². The van der Waals surface area contributed by atoms with E-state index in [-0.39, 0.29) is 12.4 Å². The van der Waals surface area contributed by atoms with Gasteiger partial charge in [-0.1, -0.05) is 11.2 Å². The first-order valence-corrected chi connectivity index (χ1v) is 8.27. The molecule has 0 bridgehead atoms. The largest absolute Gasteiger partial charge is 0.354 e. The van der Waals surface area contributed by atoms with Crippen molar-refractivity contribution in [2.45, 2.75) is 19.5 Å². The van der Waals surface area contributed by atoms with E-state index < -0.39 is 11.2 Å². The van der Waals surface area contributed by atoms with Gasteiger partial charge in [-0.3, -0.25) is 14.7 Å². The maximum Gasteiger partial charge on any atom is 0.334 e. The van der Waals surface area contributed by atoms with Crippen LogP contribution in [0.1, 0.15) is 12.5 Å². The van der Waals surface area contributed by atoms with Gasteiger partial charge in [-0.25, -0.2) is 9.36 Å². The second kappa shape index (κ2) is 7.45. The first kappa shape index (κ1) is 18.4. The second-order valence-corrected chi connectivity index (χ2v) is 6.34. The Morgan fingerprint density at radius 1 is 1.31 bits per heavy atom. The van der Waals surface area contributed by atoms with Crippen molar-refractivity contribution in [3.8, 4) is 5.82 Å². The molecule has 1 atom stereocenters. The number of hydrogen-bond acceptors (Lipinski definition) is 6. The van der Waals surface area contributed by atoms with E-state index in [0.717, 1.165) is 37.1 Å². The smallest absolute Gasteiger partial charge is 0.334 e. The van der Waals surface area contributed by atoms with Gasteiger partial charge in [0.15, 0.2) is 11.4 Å². The summed E-state index contributed by atoms with van der Waals surface area (Å²) in [6, 6.07) is 7.63. The molecular weight excluding hydrogens is 358 g/mol. The van der Waals surface area contributed by atoms with Gasteiger partial charge in [0.25, 0.3) is 5.56 Å². The summed E-state index contributed by atoms with van der Waals surface area (Å²) in [6.07, 6.45) is 1.41. The Bertz CT molecular complexity index is 1020. The predicted molar refractivity (Wildman–Crippen MR) is 100 cm³/mol. The number of rotatable bonds is 3. The number of nitrogens with one attached hydrogen (secondary N) is 2. The third-order valence-electron chi connectivity index (χ3n) is 4.59. The van der Waals surface area contributed by atoms with Crippen LogP contribution in [-0.4, -0.2) is 45.3 Å². The average molecular weight is 378 g/mol. The minimum atomic E-state index is -0.538. The highest BCUT2D eigenvalue weighted by molar-refractivity contribution is 5.85. The van der Waals surface area contributed by atoms with Gasteiger partial charge >= 0.3 is 5.69 Å². The standard InChI is InChI=1S/C17H19N5O3.ClH/c1-11-9-18-5-7-21(11)10-12-2-3-14-13(8-12)16(20-25-14)22-6-4-15(23)19-17(22)24;/h2-4,6,8,11,18H,5,7,9-10H2,1H3,(H,19,23,24);1H. The monoisotopic (exact) mass is 377 g/mol. The van der Waals surface area contributed by atoms with E-state index in [0.29, 0.717) is 17.4 Å². The number of H-pyrrole nitrogens is 1. The van der Waals surface area contributed by atoms with Crippen LogP contribution in [0.5, 0.6) is 0 Å². The molecule has 1 fully saturated rings. The number of fused-ring (bicyclic) bond motifs is 1. The summed E-state index contributed by atoms with van der Waals surface area (Å²) in [4.78, 5) is 27.9.